The smallest absolute Gasteiger partial charge is 0.0465 e. The Morgan fingerprint density at radius 2 is 0.342 bits per heavy atom. The van der Waals surface area contributed by atoms with Gasteiger partial charge in [-0.1, -0.05) is 161 Å². The number of hydrogen-bond donors (Lipinski definition) is 0. The molecule has 0 aromatic heterocycles. The number of hydrogen-bond acceptors (Lipinski definition) is 4. The molecule has 0 bridgehead atoms. The van der Waals surface area contributed by atoms with Crippen LogP contribution in [-0.4, -0.2) is 0 Å². The van der Waals surface area contributed by atoms with Crippen molar-refractivity contribution in [3.05, 3.63) is 301 Å². The van der Waals surface area contributed by atoms with E-state index in [1.54, 1.807) is 0 Å². The average molecular weight is 979 g/mol. The first-order chi connectivity index (χ1) is 37.2. The summed E-state index contributed by atoms with van der Waals surface area (Å²) in [5.74, 6) is 0. The first kappa shape index (κ1) is 46.4. The number of para-hydroxylation sites is 6. The SMILES string of the molecule is CC1(C)c2cc(N(c3ccccc3)c3ccccc3)ccc2-c2ccc(N(c3ccccc3)c3ccc(N(c4ccccc4)c4ccc5c(c4)C(C)(C)c4cc(N(c6ccccc6)c6ccccc6)ccc4-5)cc3)cc21. The lowest BCUT2D eigenvalue weighted by molar-refractivity contribution is 0.660. The maximum atomic E-state index is 2.42. The van der Waals surface area contributed by atoms with Gasteiger partial charge in [0.15, 0.2) is 0 Å². The minimum Gasteiger partial charge on any atom is -0.310 e. The summed E-state index contributed by atoms with van der Waals surface area (Å²) in [5.41, 5.74) is 23.3. The minimum absolute atomic E-state index is 0.253. The molecule has 0 unspecified atom stereocenters. The Labute approximate surface area is 447 Å². The van der Waals surface area contributed by atoms with E-state index in [1.165, 1.54) is 44.5 Å². The van der Waals surface area contributed by atoms with Gasteiger partial charge in [0.05, 0.1) is 0 Å². The highest BCUT2D eigenvalue weighted by molar-refractivity contribution is 5.91. The Hall–Kier alpha value is -9.38. The van der Waals surface area contributed by atoms with Gasteiger partial charge in [-0.15, -0.1) is 0 Å². The van der Waals surface area contributed by atoms with Gasteiger partial charge in [0.1, 0.15) is 0 Å². The standard InChI is InChI=1S/C72H58N4/c1-71(2)67-47-59(73(51-23-11-5-12-24-51)52-25-13-6-14-26-52)39-43-63(67)65-45-41-61(49-69(65)71)75(55-31-19-9-20-32-55)57-35-37-58(38-36-57)76(56-33-21-10-22-34-56)62-42-46-66-64-44-40-60(48-68(64)72(3,4)70(66)50-62)74(53-27-15-7-16-28-53)54-29-17-8-18-30-54/h5-50H,1-4H3. The summed E-state index contributed by atoms with van der Waals surface area (Å²) in [6, 6.07) is 101. The first-order valence-corrected chi connectivity index (χ1v) is 26.4. The zero-order valence-corrected chi connectivity index (χ0v) is 43.3. The molecule has 366 valence electrons. The molecule has 2 aliphatic rings. The molecule has 0 radical (unpaired) electrons. The quantitative estimate of drug-likeness (QED) is 0.121. The van der Waals surface area contributed by atoms with E-state index in [2.05, 4.69) is 326 Å². The van der Waals surface area contributed by atoms with Crippen LogP contribution in [0.15, 0.2) is 279 Å². The van der Waals surface area contributed by atoms with Gasteiger partial charge in [-0.25, -0.2) is 0 Å². The van der Waals surface area contributed by atoms with Crippen molar-refractivity contribution in [3.8, 4) is 22.3 Å². The molecule has 0 saturated carbocycles. The highest BCUT2D eigenvalue weighted by Gasteiger charge is 2.38. The van der Waals surface area contributed by atoms with Crippen LogP contribution < -0.4 is 19.6 Å². The second-order valence-corrected chi connectivity index (χ2v) is 21.0. The van der Waals surface area contributed by atoms with E-state index in [1.807, 2.05) is 0 Å². The van der Waals surface area contributed by atoms with Crippen LogP contribution in [0, 0.1) is 0 Å². The molecule has 11 aromatic carbocycles. The summed E-state index contributed by atoms with van der Waals surface area (Å²) < 4.78 is 0. The van der Waals surface area contributed by atoms with Crippen molar-refractivity contribution in [1.82, 2.24) is 0 Å². The summed E-state index contributed by atoms with van der Waals surface area (Å²) in [7, 11) is 0. The molecule has 0 aliphatic heterocycles. The Balaban J connectivity index is 0.847. The molecule has 2 aliphatic carbocycles. The van der Waals surface area contributed by atoms with Crippen molar-refractivity contribution >= 4 is 68.2 Å². The zero-order valence-electron chi connectivity index (χ0n) is 43.3. The summed E-state index contributed by atoms with van der Waals surface area (Å²) in [6.45, 7) is 9.51. The molecule has 4 heteroatoms. The molecule has 0 amide bonds. The van der Waals surface area contributed by atoms with Gasteiger partial charge in [0.25, 0.3) is 0 Å². The van der Waals surface area contributed by atoms with E-state index in [4.69, 9.17) is 0 Å². The van der Waals surface area contributed by atoms with Gasteiger partial charge in [-0.3, -0.25) is 0 Å². The minimum atomic E-state index is -0.253. The Morgan fingerprint density at radius 1 is 0.184 bits per heavy atom. The van der Waals surface area contributed by atoms with Gasteiger partial charge >= 0.3 is 0 Å². The number of anilines is 12. The van der Waals surface area contributed by atoms with Crippen molar-refractivity contribution in [2.75, 3.05) is 19.6 Å². The average Bonchev–Trinajstić information content (AvgIpc) is 3.87. The van der Waals surface area contributed by atoms with Crippen LogP contribution in [0.1, 0.15) is 49.9 Å². The van der Waals surface area contributed by atoms with Crippen molar-refractivity contribution in [2.24, 2.45) is 0 Å². The van der Waals surface area contributed by atoms with Crippen LogP contribution in [0.5, 0.6) is 0 Å². The lowest BCUT2D eigenvalue weighted by Gasteiger charge is -2.30. The third kappa shape index (κ3) is 8.02. The van der Waals surface area contributed by atoms with Gasteiger partial charge < -0.3 is 19.6 Å². The van der Waals surface area contributed by atoms with E-state index in [0.29, 0.717) is 0 Å². The third-order valence-corrected chi connectivity index (χ3v) is 15.8. The molecule has 0 atom stereocenters. The normalized spacial score (nSPS) is 13.2. The second kappa shape index (κ2) is 18.8. The van der Waals surface area contributed by atoms with E-state index in [-0.39, 0.29) is 10.8 Å². The number of benzene rings is 11. The molecule has 11 aromatic rings. The van der Waals surface area contributed by atoms with E-state index >= 15 is 0 Å². The number of rotatable bonds is 12. The van der Waals surface area contributed by atoms with Crippen molar-refractivity contribution in [1.29, 1.82) is 0 Å². The molecule has 13 rings (SSSR count). The predicted octanol–water partition coefficient (Wildman–Crippen LogP) is 20.2. The fourth-order valence-electron chi connectivity index (χ4n) is 12.0. The maximum absolute atomic E-state index is 2.42. The van der Waals surface area contributed by atoms with Crippen LogP contribution >= 0.6 is 0 Å². The molecular weight excluding hydrogens is 921 g/mol. The van der Waals surface area contributed by atoms with Gasteiger partial charge in [-0.05, 0) is 190 Å². The molecule has 76 heavy (non-hydrogen) atoms. The van der Waals surface area contributed by atoms with E-state index in [0.717, 1.165) is 68.2 Å². The van der Waals surface area contributed by atoms with E-state index in [9.17, 15) is 0 Å². The lowest BCUT2D eigenvalue weighted by Crippen LogP contribution is -2.18. The van der Waals surface area contributed by atoms with Gasteiger partial charge in [0, 0.05) is 79.1 Å². The van der Waals surface area contributed by atoms with Gasteiger partial charge in [-0.2, -0.15) is 0 Å². The van der Waals surface area contributed by atoms with E-state index < -0.39 is 0 Å². The predicted molar refractivity (Wildman–Crippen MR) is 320 cm³/mol. The lowest BCUT2D eigenvalue weighted by atomic mass is 9.82. The Bertz CT molecular complexity index is 3520. The van der Waals surface area contributed by atoms with Crippen molar-refractivity contribution < 1.29 is 0 Å². The van der Waals surface area contributed by atoms with Crippen LogP contribution in [0.3, 0.4) is 0 Å². The summed E-state index contributed by atoms with van der Waals surface area (Å²) in [4.78, 5) is 9.51. The summed E-state index contributed by atoms with van der Waals surface area (Å²) in [5, 5.41) is 0. The molecule has 4 nitrogen and oxygen atoms in total. The zero-order chi connectivity index (χ0) is 51.4. The Kier molecular flexibility index (Phi) is 11.5. The number of nitrogens with zero attached hydrogens (tertiary/aromatic N) is 4. The van der Waals surface area contributed by atoms with Crippen LogP contribution in [-0.2, 0) is 10.8 Å². The van der Waals surface area contributed by atoms with Crippen LogP contribution in [0.4, 0.5) is 68.2 Å². The van der Waals surface area contributed by atoms with Crippen LogP contribution in [0.2, 0.25) is 0 Å². The molecule has 0 heterocycles. The Morgan fingerprint density at radius 3 is 0.526 bits per heavy atom. The van der Waals surface area contributed by atoms with Crippen LogP contribution in [0.25, 0.3) is 22.3 Å². The largest absolute Gasteiger partial charge is 0.310 e. The monoisotopic (exact) mass is 978 g/mol. The summed E-state index contributed by atoms with van der Waals surface area (Å²) >= 11 is 0. The molecule has 0 saturated heterocycles. The van der Waals surface area contributed by atoms with Crippen molar-refractivity contribution in [2.45, 2.75) is 38.5 Å². The molecule has 0 spiro atoms. The second-order valence-electron chi connectivity index (χ2n) is 21.0. The first-order valence-electron chi connectivity index (χ1n) is 26.4. The van der Waals surface area contributed by atoms with Gasteiger partial charge in [0.2, 0.25) is 0 Å². The fourth-order valence-corrected chi connectivity index (χ4v) is 12.0. The molecule has 0 N–H and O–H groups in total. The highest BCUT2D eigenvalue weighted by atomic mass is 15.2. The topological polar surface area (TPSA) is 13.0 Å². The fraction of sp³-hybridized carbons (Fsp3) is 0.0833. The summed E-state index contributed by atoms with van der Waals surface area (Å²) in [6.07, 6.45) is 0. The number of fused-ring (bicyclic) bond motifs is 6. The third-order valence-electron chi connectivity index (χ3n) is 15.8. The molecular formula is C72H58N4. The molecule has 0 fully saturated rings. The van der Waals surface area contributed by atoms with Crippen molar-refractivity contribution in [3.63, 3.8) is 0 Å². The highest BCUT2D eigenvalue weighted by Crippen LogP contribution is 2.55. The maximum Gasteiger partial charge on any atom is 0.0465 e.